The first-order valence-corrected chi connectivity index (χ1v) is 5.08. The smallest absolute Gasteiger partial charge is 0.107 e. The van der Waals surface area contributed by atoms with Gasteiger partial charge in [-0.2, -0.15) is 0 Å². The second-order valence-corrected chi connectivity index (χ2v) is 3.89. The van der Waals surface area contributed by atoms with Gasteiger partial charge in [0, 0.05) is 6.42 Å². The molecular formula is C12H16O2. The van der Waals surface area contributed by atoms with Crippen LogP contribution in [-0.2, 0) is 11.2 Å². The van der Waals surface area contributed by atoms with Crippen molar-refractivity contribution in [2.24, 2.45) is 0 Å². The molecule has 1 aliphatic rings. The largest absolute Gasteiger partial charge is 0.466 e. The Morgan fingerprint density at radius 2 is 2.21 bits per heavy atom. The minimum Gasteiger partial charge on any atom is -0.466 e. The average molecular weight is 192 g/mol. The van der Waals surface area contributed by atoms with Gasteiger partial charge in [-0.3, -0.25) is 0 Å². The fourth-order valence-electron chi connectivity index (χ4n) is 1.73. The molecule has 2 heterocycles. The molecule has 0 aliphatic carbocycles. The van der Waals surface area contributed by atoms with Crippen LogP contribution < -0.4 is 0 Å². The quantitative estimate of drug-likeness (QED) is 0.672. The van der Waals surface area contributed by atoms with Crippen molar-refractivity contribution in [3.63, 3.8) is 0 Å². The maximum atomic E-state index is 5.63. The highest BCUT2D eigenvalue weighted by atomic mass is 16.5. The molecule has 1 aliphatic heterocycles. The molecule has 14 heavy (non-hydrogen) atoms. The van der Waals surface area contributed by atoms with E-state index in [9.17, 15) is 0 Å². The van der Waals surface area contributed by atoms with Crippen LogP contribution >= 0.6 is 0 Å². The number of ether oxygens (including phenoxy) is 1. The van der Waals surface area contributed by atoms with Gasteiger partial charge in [0.05, 0.1) is 12.7 Å². The minimum atomic E-state index is 0.203. The maximum absolute atomic E-state index is 5.63. The highest BCUT2D eigenvalue weighted by molar-refractivity contribution is 5.11. The monoisotopic (exact) mass is 192 g/mol. The van der Waals surface area contributed by atoms with Gasteiger partial charge in [0.15, 0.2) is 0 Å². The molecule has 0 bridgehead atoms. The van der Waals surface area contributed by atoms with Crippen molar-refractivity contribution in [2.75, 3.05) is 6.61 Å². The summed E-state index contributed by atoms with van der Waals surface area (Å²) in [6, 6.07) is 4.02. The molecule has 76 valence electrons. The molecule has 1 atom stereocenters. The lowest BCUT2D eigenvalue weighted by molar-refractivity contribution is 0.0737. The van der Waals surface area contributed by atoms with Gasteiger partial charge in [0.2, 0.25) is 0 Å². The fraction of sp³-hybridized carbons (Fsp3) is 0.500. The van der Waals surface area contributed by atoms with Crippen LogP contribution in [0.4, 0.5) is 0 Å². The summed E-state index contributed by atoms with van der Waals surface area (Å²) in [4.78, 5) is 0. The first kappa shape index (κ1) is 9.53. The summed E-state index contributed by atoms with van der Waals surface area (Å²) in [5, 5.41) is 0. The second kappa shape index (κ2) is 4.01. The van der Waals surface area contributed by atoms with E-state index in [1.54, 1.807) is 0 Å². The molecule has 0 aromatic carbocycles. The molecule has 1 unspecified atom stereocenters. The third kappa shape index (κ3) is 2.26. The number of rotatable bonds is 2. The zero-order chi connectivity index (χ0) is 9.97. The van der Waals surface area contributed by atoms with Crippen molar-refractivity contribution in [1.29, 1.82) is 0 Å². The number of hydrogen-bond donors (Lipinski definition) is 0. The van der Waals surface area contributed by atoms with Crippen LogP contribution in [0, 0.1) is 6.92 Å². The van der Waals surface area contributed by atoms with E-state index in [4.69, 9.17) is 9.15 Å². The SMILES string of the molecule is CC1=CC(Cc2ccc(C)o2)OCC1. The van der Waals surface area contributed by atoms with E-state index in [1.807, 2.05) is 19.1 Å². The third-order valence-electron chi connectivity index (χ3n) is 2.50. The van der Waals surface area contributed by atoms with Crippen LogP contribution in [0.2, 0.25) is 0 Å². The molecular weight excluding hydrogens is 176 g/mol. The fourth-order valence-corrected chi connectivity index (χ4v) is 1.73. The van der Waals surface area contributed by atoms with Gasteiger partial charge in [-0.15, -0.1) is 0 Å². The summed E-state index contributed by atoms with van der Waals surface area (Å²) in [5.74, 6) is 1.98. The molecule has 0 amide bonds. The molecule has 0 fully saturated rings. The summed E-state index contributed by atoms with van der Waals surface area (Å²) in [7, 11) is 0. The lowest BCUT2D eigenvalue weighted by Gasteiger charge is -2.19. The summed E-state index contributed by atoms with van der Waals surface area (Å²) in [5.41, 5.74) is 1.42. The molecule has 0 saturated heterocycles. The van der Waals surface area contributed by atoms with Gasteiger partial charge in [-0.05, 0) is 32.4 Å². The van der Waals surface area contributed by atoms with Crippen LogP contribution in [0.3, 0.4) is 0 Å². The van der Waals surface area contributed by atoms with Crippen molar-refractivity contribution in [1.82, 2.24) is 0 Å². The van der Waals surface area contributed by atoms with E-state index in [2.05, 4.69) is 13.0 Å². The number of aryl methyl sites for hydroxylation is 1. The normalized spacial score (nSPS) is 22.1. The van der Waals surface area contributed by atoms with E-state index in [-0.39, 0.29) is 6.10 Å². The Hall–Kier alpha value is -1.02. The van der Waals surface area contributed by atoms with Gasteiger partial charge in [0.1, 0.15) is 11.5 Å². The summed E-state index contributed by atoms with van der Waals surface area (Å²) >= 11 is 0. The first-order valence-electron chi connectivity index (χ1n) is 5.08. The minimum absolute atomic E-state index is 0.203. The lowest BCUT2D eigenvalue weighted by Crippen LogP contribution is -2.18. The Bertz CT molecular complexity index is 336. The van der Waals surface area contributed by atoms with Gasteiger partial charge in [-0.1, -0.05) is 11.6 Å². The van der Waals surface area contributed by atoms with Gasteiger partial charge in [-0.25, -0.2) is 0 Å². The Kier molecular flexibility index (Phi) is 2.73. The molecule has 0 spiro atoms. The predicted molar refractivity (Wildman–Crippen MR) is 55.3 cm³/mol. The maximum Gasteiger partial charge on any atom is 0.107 e. The van der Waals surface area contributed by atoms with E-state index in [0.29, 0.717) is 0 Å². The molecule has 0 saturated carbocycles. The Morgan fingerprint density at radius 1 is 1.36 bits per heavy atom. The summed E-state index contributed by atoms with van der Waals surface area (Å²) in [6.07, 6.45) is 4.31. The van der Waals surface area contributed by atoms with Gasteiger partial charge in [0.25, 0.3) is 0 Å². The highest BCUT2D eigenvalue weighted by Crippen LogP contribution is 2.17. The topological polar surface area (TPSA) is 22.4 Å². The second-order valence-electron chi connectivity index (χ2n) is 3.89. The molecule has 1 aromatic heterocycles. The molecule has 2 rings (SSSR count). The third-order valence-corrected chi connectivity index (χ3v) is 2.50. The highest BCUT2D eigenvalue weighted by Gasteiger charge is 2.13. The molecule has 0 N–H and O–H groups in total. The van der Waals surface area contributed by atoms with E-state index in [0.717, 1.165) is 31.0 Å². The standard InChI is InChI=1S/C12H16O2/c1-9-5-6-13-12(7-9)8-11-4-3-10(2)14-11/h3-4,7,12H,5-6,8H2,1-2H3. The summed E-state index contributed by atoms with van der Waals surface area (Å²) in [6.45, 7) is 4.96. The molecule has 2 nitrogen and oxygen atoms in total. The first-order chi connectivity index (χ1) is 6.74. The van der Waals surface area contributed by atoms with Crippen molar-refractivity contribution in [3.05, 3.63) is 35.3 Å². The molecule has 0 radical (unpaired) electrons. The average Bonchev–Trinajstić information content (AvgIpc) is 2.51. The Labute approximate surface area is 84.6 Å². The van der Waals surface area contributed by atoms with E-state index >= 15 is 0 Å². The Balaban J connectivity index is 2.00. The molecule has 1 aromatic rings. The van der Waals surface area contributed by atoms with Crippen molar-refractivity contribution in [3.8, 4) is 0 Å². The van der Waals surface area contributed by atoms with Crippen molar-refractivity contribution < 1.29 is 9.15 Å². The van der Waals surface area contributed by atoms with Crippen LogP contribution in [0.25, 0.3) is 0 Å². The van der Waals surface area contributed by atoms with Crippen LogP contribution in [0.1, 0.15) is 24.9 Å². The van der Waals surface area contributed by atoms with E-state index < -0.39 is 0 Å². The number of furan rings is 1. The van der Waals surface area contributed by atoms with Crippen molar-refractivity contribution in [2.45, 2.75) is 32.8 Å². The van der Waals surface area contributed by atoms with Crippen LogP contribution in [0.5, 0.6) is 0 Å². The summed E-state index contributed by atoms with van der Waals surface area (Å²) < 4.78 is 11.1. The van der Waals surface area contributed by atoms with Gasteiger partial charge < -0.3 is 9.15 Å². The predicted octanol–water partition coefficient (Wildman–Crippen LogP) is 2.87. The van der Waals surface area contributed by atoms with Crippen LogP contribution in [0.15, 0.2) is 28.2 Å². The van der Waals surface area contributed by atoms with E-state index in [1.165, 1.54) is 5.57 Å². The molecule has 2 heteroatoms. The van der Waals surface area contributed by atoms with Gasteiger partial charge >= 0.3 is 0 Å². The number of hydrogen-bond acceptors (Lipinski definition) is 2. The zero-order valence-corrected chi connectivity index (χ0v) is 8.75. The van der Waals surface area contributed by atoms with Crippen LogP contribution in [-0.4, -0.2) is 12.7 Å². The Morgan fingerprint density at radius 3 is 2.86 bits per heavy atom. The lowest BCUT2D eigenvalue weighted by atomic mass is 10.1. The zero-order valence-electron chi connectivity index (χ0n) is 8.75. The van der Waals surface area contributed by atoms with Crippen molar-refractivity contribution >= 4 is 0 Å².